The molecule has 0 saturated heterocycles. The first kappa shape index (κ1) is 20.9. The lowest BCUT2D eigenvalue weighted by atomic mass is 9.99. The minimum atomic E-state index is -1.06. The molecule has 2 aromatic heterocycles. The van der Waals surface area contributed by atoms with Crippen LogP contribution in [0.15, 0.2) is 47.1 Å². The van der Waals surface area contributed by atoms with Crippen molar-refractivity contribution in [3.8, 4) is 16.9 Å². The molecule has 0 spiro atoms. The molecule has 0 saturated carbocycles. The standard InChI is InChI=1S/C23H20N4O5/c1-11-20(12(2)32-27-11)16-8-18-15(9-19(16)31-3)21(17(10-25-18)22(24)28)26-14-6-4-5-13(7-14)23(29)30/h4-10H,1-3H3,(H2,24,28)(H,25,26)(H,29,30). The number of nitrogens with zero attached hydrogens (tertiary/aromatic N) is 2. The zero-order valence-corrected chi connectivity index (χ0v) is 17.6. The molecule has 0 aliphatic heterocycles. The number of anilines is 2. The summed E-state index contributed by atoms with van der Waals surface area (Å²) in [4.78, 5) is 27.9. The summed E-state index contributed by atoms with van der Waals surface area (Å²) >= 11 is 0. The maximum atomic E-state index is 12.1. The number of benzene rings is 2. The molecule has 9 heteroatoms. The minimum Gasteiger partial charge on any atom is -0.496 e. The SMILES string of the molecule is COc1cc2c(Nc3cccc(C(=O)O)c3)c(C(N)=O)cnc2cc1-c1c(C)noc1C. The van der Waals surface area contributed by atoms with Crippen molar-refractivity contribution in [2.75, 3.05) is 12.4 Å². The van der Waals surface area contributed by atoms with E-state index in [0.717, 1.165) is 11.1 Å². The van der Waals surface area contributed by atoms with Gasteiger partial charge < -0.3 is 25.4 Å². The third-order valence-corrected chi connectivity index (χ3v) is 5.14. The van der Waals surface area contributed by atoms with E-state index >= 15 is 0 Å². The van der Waals surface area contributed by atoms with Gasteiger partial charge in [0.1, 0.15) is 11.5 Å². The van der Waals surface area contributed by atoms with Crippen LogP contribution in [0.3, 0.4) is 0 Å². The zero-order chi connectivity index (χ0) is 23.0. The van der Waals surface area contributed by atoms with Crippen molar-refractivity contribution in [3.63, 3.8) is 0 Å². The topological polar surface area (TPSA) is 141 Å². The maximum absolute atomic E-state index is 12.1. The summed E-state index contributed by atoms with van der Waals surface area (Å²) in [5.41, 5.74) is 9.55. The van der Waals surface area contributed by atoms with Gasteiger partial charge in [-0.1, -0.05) is 11.2 Å². The van der Waals surface area contributed by atoms with E-state index in [0.29, 0.717) is 39.5 Å². The Morgan fingerprint density at radius 2 is 1.97 bits per heavy atom. The van der Waals surface area contributed by atoms with Gasteiger partial charge in [0.2, 0.25) is 0 Å². The van der Waals surface area contributed by atoms with Gasteiger partial charge in [-0.3, -0.25) is 9.78 Å². The highest BCUT2D eigenvalue weighted by Gasteiger charge is 2.21. The number of aryl methyl sites for hydroxylation is 2. The number of nitrogens with two attached hydrogens (primary N) is 1. The van der Waals surface area contributed by atoms with Gasteiger partial charge in [-0.25, -0.2) is 4.79 Å². The van der Waals surface area contributed by atoms with Crippen LogP contribution in [-0.4, -0.2) is 34.2 Å². The van der Waals surface area contributed by atoms with Gasteiger partial charge in [-0.2, -0.15) is 0 Å². The molecule has 32 heavy (non-hydrogen) atoms. The number of hydrogen-bond acceptors (Lipinski definition) is 7. The number of carboxylic acids is 1. The summed E-state index contributed by atoms with van der Waals surface area (Å²) in [7, 11) is 1.54. The summed E-state index contributed by atoms with van der Waals surface area (Å²) in [6.07, 6.45) is 1.39. The molecule has 0 bridgehead atoms. The predicted octanol–water partition coefficient (Wildman–Crippen LogP) is 4.06. The fourth-order valence-electron chi connectivity index (χ4n) is 3.65. The first-order valence-corrected chi connectivity index (χ1v) is 9.64. The zero-order valence-electron chi connectivity index (χ0n) is 17.6. The lowest BCUT2D eigenvalue weighted by molar-refractivity contribution is 0.0696. The van der Waals surface area contributed by atoms with Crippen LogP contribution in [0.1, 0.15) is 32.2 Å². The van der Waals surface area contributed by atoms with E-state index in [2.05, 4.69) is 15.5 Å². The third kappa shape index (κ3) is 3.60. The van der Waals surface area contributed by atoms with Crippen molar-refractivity contribution >= 4 is 34.2 Å². The highest BCUT2D eigenvalue weighted by atomic mass is 16.5. The monoisotopic (exact) mass is 432 g/mol. The molecular weight excluding hydrogens is 412 g/mol. The Morgan fingerprint density at radius 3 is 2.59 bits per heavy atom. The van der Waals surface area contributed by atoms with Crippen molar-refractivity contribution in [1.29, 1.82) is 0 Å². The number of pyridine rings is 1. The summed E-state index contributed by atoms with van der Waals surface area (Å²) in [5.74, 6) is -0.574. The molecule has 0 atom stereocenters. The molecule has 1 amide bonds. The van der Waals surface area contributed by atoms with Crippen LogP contribution in [0.4, 0.5) is 11.4 Å². The summed E-state index contributed by atoms with van der Waals surface area (Å²) in [5, 5.41) is 17.0. The van der Waals surface area contributed by atoms with Crippen LogP contribution >= 0.6 is 0 Å². The molecule has 162 valence electrons. The second-order valence-corrected chi connectivity index (χ2v) is 7.19. The number of carbonyl (C=O) groups excluding carboxylic acids is 1. The van der Waals surface area contributed by atoms with Crippen molar-refractivity contribution in [3.05, 3.63) is 65.2 Å². The number of primary amides is 1. The number of ether oxygens (including phenoxy) is 1. The van der Waals surface area contributed by atoms with Crippen molar-refractivity contribution < 1.29 is 24.0 Å². The molecule has 2 heterocycles. The average molecular weight is 432 g/mol. The van der Waals surface area contributed by atoms with E-state index in [1.807, 2.05) is 19.9 Å². The van der Waals surface area contributed by atoms with Crippen molar-refractivity contribution in [2.45, 2.75) is 13.8 Å². The molecule has 0 unspecified atom stereocenters. The van der Waals surface area contributed by atoms with Gasteiger partial charge in [0, 0.05) is 22.8 Å². The smallest absolute Gasteiger partial charge is 0.335 e. The van der Waals surface area contributed by atoms with E-state index in [9.17, 15) is 14.7 Å². The van der Waals surface area contributed by atoms with Crippen LogP contribution in [0.2, 0.25) is 0 Å². The molecular formula is C23H20N4O5. The molecule has 4 aromatic rings. The van der Waals surface area contributed by atoms with E-state index < -0.39 is 11.9 Å². The number of hydrogen-bond donors (Lipinski definition) is 3. The molecule has 4 rings (SSSR count). The van der Waals surface area contributed by atoms with Gasteiger partial charge in [0.15, 0.2) is 0 Å². The number of aromatic nitrogens is 2. The Balaban J connectivity index is 1.95. The van der Waals surface area contributed by atoms with E-state index in [1.54, 1.807) is 18.2 Å². The fraction of sp³-hybridized carbons (Fsp3) is 0.130. The van der Waals surface area contributed by atoms with Crippen molar-refractivity contribution in [1.82, 2.24) is 10.1 Å². The number of aromatic carboxylic acids is 1. The van der Waals surface area contributed by atoms with Crippen LogP contribution in [0, 0.1) is 13.8 Å². The second-order valence-electron chi connectivity index (χ2n) is 7.19. The van der Waals surface area contributed by atoms with Gasteiger partial charge in [0.25, 0.3) is 5.91 Å². The first-order chi connectivity index (χ1) is 15.3. The number of methoxy groups -OCH3 is 1. The van der Waals surface area contributed by atoms with Crippen LogP contribution in [-0.2, 0) is 0 Å². The molecule has 0 fully saturated rings. The Bertz CT molecular complexity index is 1360. The summed E-state index contributed by atoms with van der Waals surface area (Å²) in [6, 6.07) is 9.82. The number of nitrogens with one attached hydrogen (secondary N) is 1. The quantitative estimate of drug-likeness (QED) is 0.414. The third-order valence-electron chi connectivity index (χ3n) is 5.14. The molecule has 0 aliphatic rings. The molecule has 2 aromatic carbocycles. The lowest BCUT2D eigenvalue weighted by Crippen LogP contribution is -2.14. The average Bonchev–Trinajstić information content (AvgIpc) is 3.10. The number of carbonyl (C=O) groups is 2. The van der Waals surface area contributed by atoms with Crippen LogP contribution in [0.5, 0.6) is 5.75 Å². The van der Waals surface area contributed by atoms with Gasteiger partial charge in [0.05, 0.1) is 40.7 Å². The Morgan fingerprint density at radius 1 is 1.19 bits per heavy atom. The normalized spacial score (nSPS) is 10.8. The van der Waals surface area contributed by atoms with Gasteiger partial charge in [-0.05, 0) is 44.2 Å². The molecule has 0 aliphatic carbocycles. The van der Waals surface area contributed by atoms with E-state index in [-0.39, 0.29) is 11.1 Å². The first-order valence-electron chi connectivity index (χ1n) is 9.64. The fourth-order valence-corrected chi connectivity index (χ4v) is 3.65. The number of fused-ring (bicyclic) bond motifs is 1. The van der Waals surface area contributed by atoms with E-state index in [1.165, 1.54) is 25.4 Å². The Hall–Kier alpha value is -4.40. The number of rotatable bonds is 6. The van der Waals surface area contributed by atoms with Gasteiger partial charge >= 0.3 is 5.97 Å². The van der Waals surface area contributed by atoms with Crippen LogP contribution < -0.4 is 15.8 Å². The number of carboxylic acid groups (broad SMARTS) is 1. The number of amides is 1. The Labute approximate surface area is 182 Å². The summed E-state index contributed by atoms with van der Waals surface area (Å²) in [6.45, 7) is 3.65. The predicted molar refractivity (Wildman–Crippen MR) is 118 cm³/mol. The molecule has 4 N–H and O–H groups in total. The lowest BCUT2D eigenvalue weighted by Gasteiger charge is -2.16. The molecule has 0 radical (unpaired) electrons. The van der Waals surface area contributed by atoms with E-state index in [4.69, 9.17) is 15.0 Å². The minimum absolute atomic E-state index is 0.104. The van der Waals surface area contributed by atoms with Gasteiger partial charge in [-0.15, -0.1) is 0 Å². The van der Waals surface area contributed by atoms with Crippen LogP contribution in [0.25, 0.3) is 22.0 Å². The Kier molecular flexibility index (Phi) is 5.23. The van der Waals surface area contributed by atoms with Crippen molar-refractivity contribution in [2.24, 2.45) is 5.73 Å². The summed E-state index contributed by atoms with van der Waals surface area (Å²) < 4.78 is 10.9. The highest BCUT2D eigenvalue weighted by Crippen LogP contribution is 2.40. The maximum Gasteiger partial charge on any atom is 0.335 e. The second kappa shape index (κ2) is 8.03. The highest BCUT2D eigenvalue weighted by molar-refractivity contribution is 6.08. The molecule has 9 nitrogen and oxygen atoms in total. The largest absolute Gasteiger partial charge is 0.496 e.